The Morgan fingerprint density at radius 2 is 2.31 bits per heavy atom. The molecule has 1 aromatic rings. The van der Waals surface area contributed by atoms with Gasteiger partial charge in [0.05, 0.1) is 11.6 Å². The first kappa shape index (κ1) is 12.9. The highest BCUT2D eigenvalue weighted by molar-refractivity contribution is 6.30. The fraction of sp³-hybridized carbons (Fsp3) is 0.364. The van der Waals surface area contributed by atoms with Crippen molar-refractivity contribution in [2.45, 2.75) is 19.4 Å². The van der Waals surface area contributed by atoms with Crippen LogP contribution in [-0.2, 0) is 16.0 Å². The Labute approximate surface area is 97.8 Å². The molecule has 0 amide bonds. The van der Waals surface area contributed by atoms with Crippen molar-refractivity contribution in [3.05, 3.63) is 34.6 Å². The van der Waals surface area contributed by atoms with E-state index in [0.717, 1.165) is 0 Å². The Morgan fingerprint density at radius 1 is 1.62 bits per heavy atom. The van der Waals surface area contributed by atoms with E-state index in [9.17, 15) is 14.3 Å². The highest BCUT2D eigenvalue weighted by atomic mass is 35.5. The van der Waals surface area contributed by atoms with Crippen molar-refractivity contribution in [3.8, 4) is 0 Å². The number of aliphatic hydroxyl groups is 1. The number of hydrogen-bond acceptors (Lipinski definition) is 3. The van der Waals surface area contributed by atoms with Crippen molar-refractivity contribution in [2.24, 2.45) is 0 Å². The molecule has 1 atom stereocenters. The van der Waals surface area contributed by atoms with Gasteiger partial charge < -0.3 is 9.84 Å². The Morgan fingerprint density at radius 3 is 2.88 bits per heavy atom. The number of aliphatic hydroxyl groups excluding tert-OH is 1. The van der Waals surface area contributed by atoms with Gasteiger partial charge in [0.1, 0.15) is 5.82 Å². The number of hydrogen-bond donors (Lipinski definition) is 1. The summed E-state index contributed by atoms with van der Waals surface area (Å²) in [5.74, 6) is -1.28. The van der Waals surface area contributed by atoms with Crippen LogP contribution in [0.25, 0.3) is 0 Å². The van der Waals surface area contributed by atoms with Crippen molar-refractivity contribution in [1.29, 1.82) is 0 Å². The quantitative estimate of drug-likeness (QED) is 0.826. The van der Waals surface area contributed by atoms with E-state index in [1.807, 2.05) is 0 Å². The first-order chi connectivity index (χ1) is 7.54. The lowest BCUT2D eigenvalue weighted by molar-refractivity contribution is -0.152. The summed E-state index contributed by atoms with van der Waals surface area (Å²) in [4.78, 5) is 11.1. The summed E-state index contributed by atoms with van der Waals surface area (Å²) in [6, 6.07) is 4.11. The molecule has 0 heterocycles. The lowest BCUT2D eigenvalue weighted by Gasteiger charge is -2.09. The molecule has 0 aliphatic carbocycles. The van der Waals surface area contributed by atoms with Crippen molar-refractivity contribution in [3.63, 3.8) is 0 Å². The molecule has 0 fully saturated rings. The summed E-state index contributed by atoms with van der Waals surface area (Å²) in [6.07, 6.45) is -1.27. The average Bonchev–Trinajstić information content (AvgIpc) is 2.24. The van der Waals surface area contributed by atoms with Gasteiger partial charge in [0.25, 0.3) is 0 Å². The largest absolute Gasteiger partial charge is 0.464 e. The van der Waals surface area contributed by atoms with Crippen molar-refractivity contribution in [1.82, 2.24) is 0 Å². The van der Waals surface area contributed by atoms with Crippen molar-refractivity contribution >= 4 is 17.6 Å². The number of esters is 1. The maximum absolute atomic E-state index is 13.0. The van der Waals surface area contributed by atoms with Gasteiger partial charge in [-0.1, -0.05) is 17.7 Å². The minimum atomic E-state index is -1.28. The molecule has 1 N–H and O–H groups in total. The zero-order valence-corrected chi connectivity index (χ0v) is 9.50. The number of rotatable bonds is 4. The van der Waals surface area contributed by atoms with E-state index in [1.165, 1.54) is 12.1 Å². The molecule has 88 valence electrons. The predicted octanol–water partition coefficient (Wildman–Crippen LogP) is 1.95. The van der Waals surface area contributed by atoms with Crippen molar-refractivity contribution in [2.75, 3.05) is 6.61 Å². The molecule has 0 aromatic heterocycles. The van der Waals surface area contributed by atoms with Gasteiger partial charge >= 0.3 is 5.97 Å². The lowest BCUT2D eigenvalue weighted by atomic mass is 10.1. The second-order valence-electron chi connectivity index (χ2n) is 3.22. The second-order valence-corrected chi connectivity index (χ2v) is 3.63. The summed E-state index contributed by atoms with van der Waals surface area (Å²) >= 11 is 5.50. The number of carbonyl (C=O) groups is 1. The minimum Gasteiger partial charge on any atom is -0.464 e. The van der Waals surface area contributed by atoms with Crippen molar-refractivity contribution < 1.29 is 19.0 Å². The summed E-state index contributed by atoms with van der Waals surface area (Å²) in [5, 5.41) is 9.44. The number of benzene rings is 1. The lowest BCUT2D eigenvalue weighted by Crippen LogP contribution is -2.25. The molecule has 1 unspecified atom stereocenters. The van der Waals surface area contributed by atoms with Crippen LogP contribution in [0.4, 0.5) is 4.39 Å². The molecule has 0 bridgehead atoms. The second kappa shape index (κ2) is 5.82. The first-order valence-corrected chi connectivity index (χ1v) is 5.21. The summed E-state index contributed by atoms with van der Waals surface area (Å²) in [6.45, 7) is 1.84. The Hall–Kier alpha value is -1.13. The van der Waals surface area contributed by atoms with Crippen LogP contribution >= 0.6 is 11.6 Å². The van der Waals surface area contributed by atoms with Gasteiger partial charge in [-0.3, -0.25) is 0 Å². The molecular formula is C11H12ClFO3. The van der Waals surface area contributed by atoms with Gasteiger partial charge in [-0.15, -0.1) is 0 Å². The molecule has 0 aliphatic heterocycles. The highest BCUT2D eigenvalue weighted by Crippen LogP contribution is 2.16. The predicted molar refractivity (Wildman–Crippen MR) is 57.8 cm³/mol. The molecule has 16 heavy (non-hydrogen) atoms. The molecular weight excluding hydrogens is 235 g/mol. The first-order valence-electron chi connectivity index (χ1n) is 4.83. The fourth-order valence-electron chi connectivity index (χ4n) is 1.21. The summed E-state index contributed by atoms with van der Waals surface area (Å²) in [5.41, 5.74) is 0.488. The topological polar surface area (TPSA) is 46.5 Å². The van der Waals surface area contributed by atoms with Gasteiger partial charge in [0.2, 0.25) is 0 Å². The fourth-order valence-corrected chi connectivity index (χ4v) is 1.33. The van der Waals surface area contributed by atoms with E-state index in [2.05, 4.69) is 4.74 Å². The zero-order chi connectivity index (χ0) is 12.1. The smallest absolute Gasteiger partial charge is 0.335 e. The molecule has 0 aliphatic rings. The third kappa shape index (κ3) is 3.47. The normalized spacial score (nSPS) is 12.2. The SMILES string of the molecule is CCOC(=O)C(O)Cc1ccc(Cl)c(F)c1. The zero-order valence-electron chi connectivity index (χ0n) is 8.74. The van der Waals surface area contributed by atoms with Gasteiger partial charge in [-0.2, -0.15) is 0 Å². The van der Waals surface area contributed by atoms with E-state index in [0.29, 0.717) is 5.56 Å². The molecule has 1 rings (SSSR count). The Kier molecular flexibility index (Phi) is 4.71. The van der Waals surface area contributed by atoms with Crippen LogP contribution in [0.1, 0.15) is 12.5 Å². The molecule has 0 saturated carbocycles. The van der Waals surface area contributed by atoms with E-state index in [4.69, 9.17) is 11.6 Å². The summed E-state index contributed by atoms with van der Waals surface area (Å²) in [7, 11) is 0. The standard InChI is InChI=1S/C11H12ClFO3/c1-2-16-11(15)10(14)6-7-3-4-8(12)9(13)5-7/h3-5,10,14H,2,6H2,1H3. The number of ether oxygens (including phenoxy) is 1. The average molecular weight is 247 g/mol. The molecule has 3 nitrogen and oxygen atoms in total. The van der Waals surface area contributed by atoms with E-state index in [1.54, 1.807) is 13.0 Å². The molecule has 5 heteroatoms. The summed E-state index contributed by atoms with van der Waals surface area (Å²) < 4.78 is 17.7. The van der Waals surface area contributed by atoms with Crippen LogP contribution in [0.15, 0.2) is 18.2 Å². The van der Waals surface area contributed by atoms with Crippen LogP contribution < -0.4 is 0 Å². The molecule has 0 radical (unpaired) electrons. The molecule has 1 aromatic carbocycles. The maximum Gasteiger partial charge on any atom is 0.335 e. The van der Waals surface area contributed by atoms with Crippen LogP contribution in [0.3, 0.4) is 0 Å². The van der Waals surface area contributed by atoms with Crippen LogP contribution in [-0.4, -0.2) is 23.8 Å². The highest BCUT2D eigenvalue weighted by Gasteiger charge is 2.17. The number of halogens is 2. The monoisotopic (exact) mass is 246 g/mol. The van der Waals surface area contributed by atoms with Gasteiger partial charge in [-0.25, -0.2) is 9.18 Å². The Balaban J connectivity index is 2.66. The van der Waals surface area contributed by atoms with Crippen LogP contribution in [0, 0.1) is 5.82 Å². The van der Waals surface area contributed by atoms with Gasteiger partial charge in [0.15, 0.2) is 6.10 Å². The number of carbonyl (C=O) groups excluding carboxylic acids is 1. The minimum absolute atomic E-state index is 0.00687. The van der Waals surface area contributed by atoms with Crippen LogP contribution in [0.5, 0.6) is 0 Å². The molecule has 0 spiro atoms. The molecule has 0 saturated heterocycles. The van der Waals surface area contributed by atoms with E-state index >= 15 is 0 Å². The third-order valence-electron chi connectivity index (χ3n) is 1.97. The van der Waals surface area contributed by atoms with Gasteiger partial charge in [0, 0.05) is 6.42 Å². The van der Waals surface area contributed by atoms with Gasteiger partial charge in [-0.05, 0) is 24.6 Å². The third-order valence-corrected chi connectivity index (χ3v) is 2.28. The van der Waals surface area contributed by atoms with Crippen LogP contribution in [0.2, 0.25) is 5.02 Å². The Bertz CT molecular complexity index is 381. The van der Waals surface area contributed by atoms with E-state index < -0.39 is 17.9 Å². The van der Waals surface area contributed by atoms with E-state index in [-0.39, 0.29) is 18.1 Å². The maximum atomic E-state index is 13.0.